The van der Waals surface area contributed by atoms with Crippen LogP contribution in [0.25, 0.3) is 71.2 Å². The number of methoxy groups -OCH3 is 2. The highest BCUT2D eigenvalue weighted by molar-refractivity contribution is 6.29. The van der Waals surface area contributed by atoms with Gasteiger partial charge >= 0.3 is 0 Å². The molecule has 0 aliphatic carbocycles. The summed E-state index contributed by atoms with van der Waals surface area (Å²) in [6, 6.07) is 32.1. The van der Waals surface area contributed by atoms with Crippen molar-refractivity contribution >= 4 is 60.0 Å². The number of rotatable bonds is 3. The monoisotopic (exact) mass is 467 g/mol. The van der Waals surface area contributed by atoms with Gasteiger partial charge in [-0.3, -0.25) is 4.40 Å². The van der Waals surface area contributed by atoms with Gasteiger partial charge in [-0.1, -0.05) is 36.4 Å². The third-order valence-electron chi connectivity index (χ3n) is 7.48. The number of aromatic nitrogens is 1. The van der Waals surface area contributed by atoms with Crippen molar-refractivity contribution in [2.75, 3.05) is 14.2 Å². The molecule has 0 saturated carbocycles. The van der Waals surface area contributed by atoms with Crippen LogP contribution in [0.1, 0.15) is 0 Å². The van der Waals surface area contributed by atoms with Gasteiger partial charge in [-0.15, -0.1) is 0 Å². The van der Waals surface area contributed by atoms with E-state index in [4.69, 9.17) is 13.9 Å². The van der Waals surface area contributed by atoms with Crippen molar-refractivity contribution < 1.29 is 13.9 Å². The Bertz CT molecular complexity index is 2120. The number of benzene rings is 5. The minimum atomic E-state index is 0.786. The van der Waals surface area contributed by atoms with Crippen LogP contribution in [0.2, 0.25) is 0 Å². The lowest BCUT2D eigenvalue weighted by atomic mass is 9.98. The normalized spacial score (nSPS) is 12.2. The summed E-state index contributed by atoms with van der Waals surface area (Å²) in [7, 11) is 3.39. The minimum Gasteiger partial charge on any atom is -0.497 e. The summed E-state index contributed by atoms with van der Waals surface area (Å²) in [6.45, 7) is 0. The second-order valence-electron chi connectivity index (χ2n) is 9.35. The maximum atomic E-state index is 6.55. The number of nitrogens with zero attached hydrogens (tertiary/aromatic N) is 1. The summed E-state index contributed by atoms with van der Waals surface area (Å²) in [4.78, 5) is 0. The summed E-state index contributed by atoms with van der Waals surface area (Å²) >= 11 is 0. The molecule has 3 heterocycles. The third kappa shape index (κ3) is 2.48. The zero-order valence-electron chi connectivity index (χ0n) is 19.8. The molecule has 172 valence electrons. The third-order valence-corrected chi connectivity index (χ3v) is 7.48. The average molecular weight is 468 g/mol. The first-order valence-corrected chi connectivity index (χ1v) is 12.0. The first-order chi connectivity index (χ1) is 17.7. The van der Waals surface area contributed by atoms with Gasteiger partial charge in [0.15, 0.2) is 0 Å². The van der Waals surface area contributed by atoms with Crippen LogP contribution in [0, 0.1) is 0 Å². The lowest BCUT2D eigenvalue weighted by molar-refractivity contribution is 0.414. The van der Waals surface area contributed by atoms with Crippen LogP contribution in [-0.4, -0.2) is 18.6 Å². The van der Waals surface area contributed by atoms with E-state index < -0.39 is 0 Å². The van der Waals surface area contributed by atoms with E-state index in [2.05, 4.69) is 77.2 Å². The molecule has 4 nitrogen and oxygen atoms in total. The summed E-state index contributed by atoms with van der Waals surface area (Å²) in [6.07, 6.45) is 0. The standard InChI is InChI=1S/C32H21NO3/c1-34-22-9-8-19-13-25-26-14-21(18-6-4-3-5-7-18)15-27-30-24-11-10-23(35-2)17-29(24)36-32(30)33(31(26)27)28(25)16-20(19)12-22/h3-17H,1-2H3. The first kappa shape index (κ1) is 19.6. The molecule has 5 aromatic carbocycles. The quantitative estimate of drug-likeness (QED) is 0.262. The van der Waals surface area contributed by atoms with Gasteiger partial charge in [0.25, 0.3) is 0 Å². The van der Waals surface area contributed by atoms with E-state index in [1.807, 2.05) is 18.2 Å². The zero-order chi connectivity index (χ0) is 24.0. The van der Waals surface area contributed by atoms with E-state index in [0.29, 0.717) is 0 Å². The highest BCUT2D eigenvalue weighted by Crippen LogP contribution is 2.46. The van der Waals surface area contributed by atoms with Gasteiger partial charge in [-0.25, -0.2) is 0 Å². The van der Waals surface area contributed by atoms with Crippen LogP contribution >= 0.6 is 0 Å². The van der Waals surface area contributed by atoms with Crippen LogP contribution in [0.3, 0.4) is 0 Å². The summed E-state index contributed by atoms with van der Waals surface area (Å²) in [5.41, 5.74) is 6.40. The Morgan fingerprint density at radius 1 is 0.611 bits per heavy atom. The van der Waals surface area contributed by atoms with E-state index >= 15 is 0 Å². The van der Waals surface area contributed by atoms with Crippen LogP contribution in [0.4, 0.5) is 0 Å². The van der Waals surface area contributed by atoms with E-state index in [1.165, 1.54) is 38.2 Å². The molecule has 36 heavy (non-hydrogen) atoms. The molecule has 0 atom stereocenters. The summed E-state index contributed by atoms with van der Waals surface area (Å²) < 4.78 is 19.8. The Hall–Kier alpha value is -4.70. The van der Waals surface area contributed by atoms with Crippen LogP contribution in [0.5, 0.6) is 11.5 Å². The van der Waals surface area contributed by atoms with Crippen LogP contribution in [-0.2, 0) is 0 Å². The molecule has 0 radical (unpaired) electrons. The predicted molar refractivity (Wildman–Crippen MR) is 147 cm³/mol. The van der Waals surface area contributed by atoms with E-state index in [9.17, 15) is 0 Å². The molecule has 0 fully saturated rings. The van der Waals surface area contributed by atoms with Crippen molar-refractivity contribution in [3.8, 4) is 22.6 Å². The maximum absolute atomic E-state index is 6.55. The molecular weight excluding hydrogens is 446 g/mol. The second kappa shape index (κ2) is 6.92. The van der Waals surface area contributed by atoms with Crippen molar-refractivity contribution in [2.24, 2.45) is 0 Å². The molecule has 0 saturated heterocycles. The maximum Gasteiger partial charge on any atom is 0.213 e. The van der Waals surface area contributed by atoms with Gasteiger partial charge in [0.2, 0.25) is 5.71 Å². The molecule has 0 bridgehead atoms. The highest BCUT2D eigenvalue weighted by atomic mass is 16.5. The van der Waals surface area contributed by atoms with Gasteiger partial charge in [0.05, 0.1) is 30.6 Å². The number of furan rings is 1. The molecule has 8 rings (SSSR count). The number of hydrogen-bond acceptors (Lipinski definition) is 3. The molecule has 4 heteroatoms. The van der Waals surface area contributed by atoms with Gasteiger partial charge in [-0.05, 0) is 70.4 Å². The molecule has 0 aliphatic rings. The Morgan fingerprint density at radius 2 is 1.39 bits per heavy atom. The van der Waals surface area contributed by atoms with E-state index in [1.54, 1.807) is 14.2 Å². The summed E-state index contributed by atoms with van der Waals surface area (Å²) in [5.74, 6) is 1.64. The van der Waals surface area contributed by atoms with Crippen LogP contribution in [0.15, 0.2) is 95.4 Å². The van der Waals surface area contributed by atoms with Gasteiger partial charge in [-0.2, -0.15) is 0 Å². The molecule has 3 aromatic heterocycles. The van der Waals surface area contributed by atoms with Crippen LogP contribution < -0.4 is 9.47 Å². The molecule has 0 N–H and O–H groups in total. The topological polar surface area (TPSA) is 36.0 Å². The van der Waals surface area contributed by atoms with Crippen molar-refractivity contribution in [3.05, 3.63) is 91.0 Å². The first-order valence-electron chi connectivity index (χ1n) is 12.0. The number of hydrogen-bond donors (Lipinski definition) is 0. The lowest BCUT2D eigenvalue weighted by Gasteiger charge is -2.05. The fourth-order valence-electron chi connectivity index (χ4n) is 5.80. The molecule has 8 aromatic rings. The lowest BCUT2D eigenvalue weighted by Crippen LogP contribution is -1.83. The highest BCUT2D eigenvalue weighted by Gasteiger charge is 2.24. The smallest absolute Gasteiger partial charge is 0.213 e. The van der Waals surface area contributed by atoms with Crippen molar-refractivity contribution in [1.82, 2.24) is 4.40 Å². The van der Waals surface area contributed by atoms with Crippen molar-refractivity contribution in [3.63, 3.8) is 0 Å². The summed E-state index contributed by atoms with van der Waals surface area (Å²) in [5, 5.41) is 8.19. The second-order valence-corrected chi connectivity index (χ2v) is 9.35. The largest absolute Gasteiger partial charge is 0.497 e. The SMILES string of the molecule is COc1ccc2cc3c4cc(-c5ccccc5)cc5c6c7ccc(OC)cc7oc6n(c3cc2c1)c45. The van der Waals surface area contributed by atoms with Crippen molar-refractivity contribution in [2.45, 2.75) is 0 Å². The fourth-order valence-corrected chi connectivity index (χ4v) is 5.80. The Morgan fingerprint density at radius 3 is 2.22 bits per heavy atom. The molecule has 0 spiro atoms. The molecule has 0 aliphatic heterocycles. The Labute approximate surface area is 206 Å². The van der Waals surface area contributed by atoms with E-state index in [0.717, 1.165) is 44.5 Å². The minimum absolute atomic E-state index is 0.786. The fraction of sp³-hybridized carbons (Fsp3) is 0.0625. The van der Waals surface area contributed by atoms with E-state index in [-0.39, 0.29) is 0 Å². The number of ether oxygens (including phenoxy) is 2. The van der Waals surface area contributed by atoms with Gasteiger partial charge in [0, 0.05) is 27.6 Å². The zero-order valence-corrected chi connectivity index (χ0v) is 19.8. The molecule has 0 amide bonds. The van der Waals surface area contributed by atoms with Gasteiger partial charge in [0.1, 0.15) is 17.1 Å². The molecular formula is C32H21NO3. The Balaban J connectivity index is 1.61. The molecule has 0 unspecified atom stereocenters. The Kier molecular flexibility index (Phi) is 3.77. The van der Waals surface area contributed by atoms with Gasteiger partial charge < -0.3 is 13.9 Å². The number of fused-ring (bicyclic) bond motifs is 9. The van der Waals surface area contributed by atoms with Crippen molar-refractivity contribution in [1.29, 1.82) is 0 Å². The average Bonchev–Trinajstić information content (AvgIpc) is 3.56. The predicted octanol–water partition coefficient (Wildman–Crippen LogP) is 8.42.